The zero-order chi connectivity index (χ0) is 11.1. The lowest BCUT2D eigenvalue weighted by molar-refractivity contribution is 0.199. The van der Waals surface area contributed by atoms with E-state index in [9.17, 15) is 5.11 Å². The molecule has 3 aromatic rings. The Morgan fingerprint density at radius 2 is 1.75 bits per heavy atom. The summed E-state index contributed by atoms with van der Waals surface area (Å²) in [5.74, 6) is 0. The van der Waals surface area contributed by atoms with E-state index in [0.717, 1.165) is 5.56 Å². The molecule has 0 bridgehead atoms. The zero-order valence-electron chi connectivity index (χ0n) is 8.97. The fourth-order valence-electron chi connectivity index (χ4n) is 2.00. The molecule has 0 saturated carbocycles. The minimum atomic E-state index is -0.400. The summed E-state index contributed by atoms with van der Waals surface area (Å²) in [6.45, 7) is 1.80. The van der Waals surface area contributed by atoms with Crippen LogP contribution in [0.3, 0.4) is 0 Å². The van der Waals surface area contributed by atoms with Crippen LogP contribution in [0.15, 0.2) is 42.5 Å². The van der Waals surface area contributed by atoms with Crippen molar-refractivity contribution >= 4 is 31.5 Å². The molecule has 1 heterocycles. The van der Waals surface area contributed by atoms with Crippen molar-refractivity contribution in [2.45, 2.75) is 13.0 Å². The molecule has 1 unspecified atom stereocenters. The summed E-state index contributed by atoms with van der Waals surface area (Å²) in [6.07, 6.45) is -0.400. The highest BCUT2D eigenvalue weighted by atomic mass is 32.1. The molecule has 3 rings (SSSR count). The van der Waals surface area contributed by atoms with Crippen molar-refractivity contribution < 1.29 is 5.11 Å². The van der Waals surface area contributed by atoms with Crippen molar-refractivity contribution in [2.24, 2.45) is 0 Å². The largest absolute Gasteiger partial charge is 0.389 e. The van der Waals surface area contributed by atoms with Crippen LogP contribution >= 0.6 is 11.3 Å². The van der Waals surface area contributed by atoms with Gasteiger partial charge in [-0.1, -0.05) is 24.3 Å². The lowest BCUT2D eigenvalue weighted by Gasteiger charge is -2.03. The lowest BCUT2D eigenvalue weighted by Crippen LogP contribution is -1.89. The maximum atomic E-state index is 9.60. The van der Waals surface area contributed by atoms with E-state index in [0.29, 0.717) is 0 Å². The molecule has 0 fully saturated rings. The van der Waals surface area contributed by atoms with Crippen LogP contribution in [0.25, 0.3) is 20.2 Å². The third-order valence-corrected chi connectivity index (χ3v) is 4.03. The highest BCUT2D eigenvalue weighted by molar-refractivity contribution is 7.25. The Hall–Kier alpha value is -1.38. The van der Waals surface area contributed by atoms with Crippen molar-refractivity contribution in [1.29, 1.82) is 0 Å². The molecule has 0 aliphatic carbocycles. The van der Waals surface area contributed by atoms with Gasteiger partial charge in [0.1, 0.15) is 0 Å². The number of aliphatic hydroxyl groups is 1. The number of benzene rings is 2. The van der Waals surface area contributed by atoms with Gasteiger partial charge in [-0.3, -0.25) is 0 Å². The molecule has 1 aromatic heterocycles. The standard InChI is InChI=1S/C14H12OS/c1-9(15)10-6-7-14-12(8-10)11-4-2-3-5-13(11)16-14/h2-9,15H,1H3. The fraction of sp³-hybridized carbons (Fsp3) is 0.143. The van der Waals surface area contributed by atoms with E-state index in [1.54, 1.807) is 18.3 Å². The number of hydrogen-bond donors (Lipinski definition) is 1. The summed E-state index contributed by atoms with van der Waals surface area (Å²) in [5, 5.41) is 12.1. The zero-order valence-corrected chi connectivity index (χ0v) is 9.79. The Morgan fingerprint density at radius 1 is 1.00 bits per heavy atom. The molecule has 2 heteroatoms. The Balaban J connectivity index is 2.40. The van der Waals surface area contributed by atoms with Crippen LogP contribution in [0.2, 0.25) is 0 Å². The van der Waals surface area contributed by atoms with E-state index >= 15 is 0 Å². The van der Waals surface area contributed by atoms with Gasteiger partial charge in [0.05, 0.1) is 6.10 Å². The van der Waals surface area contributed by atoms with Gasteiger partial charge in [-0.2, -0.15) is 0 Å². The van der Waals surface area contributed by atoms with Gasteiger partial charge >= 0.3 is 0 Å². The summed E-state index contributed by atoms with van der Waals surface area (Å²) in [4.78, 5) is 0. The maximum Gasteiger partial charge on any atom is 0.0762 e. The van der Waals surface area contributed by atoms with Gasteiger partial charge in [-0.15, -0.1) is 11.3 Å². The highest BCUT2D eigenvalue weighted by Crippen LogP contribution is 2.34. The lowest BCUT2D eigenvalue weighted by atomic mass is 10.1. The summed E-state index contributed by atoms with van der Waals surface area (Å²) in [7, 11) is 0. The molecule has 1 nitrogen and oxygen atoms in total. The first-order valence-electron chi connectivity index (χ1n) is 5.35. The Labute approximate surface area is 98.0 Å². The average Bonchev–Trinajstić information content (AvgIpc) is 2.66. The smallest absolute Gasteiger partial charge is 0.0762 e. The van der Waals surface area contributed by atoms with Gasteiger partial charge in [0, 0.05) is 20.2 Å². The minimum Gasteiger partial charge on any atom is -0.389 e. The molecule has 0 saturated heterocycles. The minimum absolute atomic E-state index is 0.400. The summed E-state index contributed by atoms with van der Waals surface area (Å²) < 4.78 is 2.59. The first-order valence-corrected chi connectivity index (χ1v) is 6.16. The maximum absolute atomic E-state index is 9.60. The van der Waals surface area contributed by atoms with E-state index in [4.69, 9.17) is 0 Å². The molecule has 0 spiro atoms. The van der Waals surface area contributed by atoms with Crippen molar-refractivity contribution in [3.63, 3.8) is 0 Å². The number of fused-ring (bicyclic) bond motifs is 3. The number of aliphatic hydroxyl groups excluding tert-OH is 1. The second-order valence-electron chi connectivity index (χ2n) is 4.03. The number of rotatable bonds is 1. The van der Waals surface area contributed by atoms with Gasteiger partial charge in [0.25, 0.3) is 0 Å². The van der Waals surface area contributed by atoms with E-state index in [-0.39, 0.29) is 0 Å². The van der Waals surface area contributed by atoms with E-state index in [1.165, 1.54) is 20.2 Å². The van der Waals surface area contributed by atoms with Crippen molar-refractivity contribution in [3.8, 4) is 0 Å². The van der Waals surface area contributed by atoms with Crippen molar-refractivity contribution in [2.75, 3.05) is 0 Å². The van der Waals surface area contributed by atoms with Gasteiger partial charge in [-0.05, 0) is 30.7 Å². The molecule has 2 aromatic carbocycles. The molecular weight excluding hydrogens is 216 g/mol. The van der Waals surface area contributed by atoms with Crippen molar-refractivity contribution in [3.05, 3.63) is 48.0 Å². The third-order valence-electron chi connectivity index (χ3n) is 2.88. The van der Waals surface area contributed by atoms with Crippen LogP contribution in [0.5, 0.6) is 0 Å². The van der Waals surface area contributed by atoms with E-state index in [2.05, 4.69) is 36.4 Å². The summed E-state index contributed by atoms with van der Waals surface area (Å²) in [6, 6.07) is 14.6. The molecule has 1 atom stereocenters. The normalized spacial score (nSPS) is 13.4. The Kier molecular flexibility index (Phi) is 2.20. The van der Waals surface area contributed by atoms with Crippen LogP contribution in [0.4, 0.5) is 0 Å². The first kappa shape index (κ1) is 9.82. The molecule has 0 amide bonds. The van der Waals surface area contributed by atoms with Gasteiger partial charge in [0.2, 0.25) is 0 Å². The summed E-state index contributed by atoms with van der Waals surface area (Å²) >= 11 is 1.80. The van der Waals surface area contributed by atoms with Crippen LogP contribution < -0.4 is 0 Å². The Morgan fingerprint density at radius 3 is 2.56 bits per heavy atom. The van der Waals surface area contributed by atoms with Crippen molar-refractivity contribution in [1.82, 2.24) is 0 Å². The molecular formula is C14H12OS. The summed E-state index contributed by atoms with van der Waals surface area (Å²) in [5.41, 5.74) is 0.982. The van der Waals surface area contributed by atoms with Crippen LogP contribution in [0.1, 0.15) is 18.6 Å². The SMILES string of the molecule is CC(O)c1ccc2sc3ccccc3c2c1. The third kappa shape index (κ3) is 1.42. The number of hydrogen-bond acceptors (Lipinski definition) is 2. The topological polar surface area (TPSA) is 20.2 Å². The Bertz CT molecular complexity index is 652. The average molecular weight is 228 g/mol. The second-order valence-corrected chi connectivity index (χ2v) is 5.11. The van der Waals surface area contributed by atoms with Gasteiger partial charge in [0.15, 0.2) is 0 Å². The second kappa shape index (κ2) is 3.58. The molecule has 0 aliphatic heterocycles. The molecule has 16 heavy (non-hydrogen) atoms. The monoisotopic (exact) mass is 228 g/mol. The van der Waals surface area contributed by atoms with Gasteiger partial charge < -0.3 is 5.11 Å². The van der Waals surface area contributed by atoms with E-state index < -0.39 is 6.10 Å². The van der Waals surface area contributed by atoms with Crippen LogP contribution in [0, 0.1) is 0 Å². The van der Waals surface area contributed by atoms with Gasteiger partial charge in [-0.25, -0.2) is 0 Å². The van der Waals surface area contributed by atoms with E-state index in [1.807, 2.05) is 6.07 Å². The fourth-order valence-corrected chi connectivity index (χ4v) is 3.09. The molecule has 0 aliphatic rings. The number of thiophene rings is 1. The highest BCUT2D eigenvalue weighted by Gasteiger charge is 2.07. The molecule has 1 N–H and O–H groups in total. The predicted molar refractivity (Wildman–Crippen MR) is 70.0 cm³/mol. The molecule has 80 valence electrons. The van der Waals surface area contributed by atoms with Crippen LogP contribution in [-0.2, 0) is 0 Å². The van der Waals surface area contributed by atoms with Crippen LogP contribution in [-0.4, -0.2) is 5.11 Å². The quantitative estimate of drug-likeness (QED) is 0.664. The first-order chi connectivity index (χ1) is 7.75. The molecule has 0 radical (unpaired) electrons. The predicted octanol–water partition coefficient (Wildman–Crippen LogP) is 4.11.